The van der Waals surface area contributed by atoms with Gasteiger partial charge in [-0.15, -0.1) is 0 Å². The predicted octanol–water partition coefficient (Wildman–Crippen LogP) is 4.73. The van der Waals surface area contributed by atoms with Gasteiger partial charge in [-0.05, 0) is 29.8 Å². The summed E-state index contributed by atoms with van der Waals surface area (Å²) in [5.74, 6) is -0.0964. The fourth-order valence-corrected chi connectivity index (χ4v) is 2.13. The lowest BCUT2D eigenvalue weighted by Gasteiger charge is -2.08. The second-order valence-electron chi connectivity index (χ2n) is 3.45. The van der Waals surface area contributed by atoms with Gasteiger partial charge in [-0.2, -0.15) is 0 Å². The first-order chi connectivity index (χ1) is 7.99. The van der Waals surface area contributed by atoms with E-state index in [1.54, 1.807) is 12.1 Å². The summed E-state index contributed by atoms with van der Waals surface area (Å²) in [6.45, 7) is 0. The minimum Gasteiger partial charge on any atom is -0.506 e. The van der Waals surface area contributed by atoms with Crippen LogP contribution in [-0.4, -0.2) is 10.2 Å². The molecule has 2 aromatic carbocycles. The Bertz CT molecular complexity index is 582. The molecule has 88 valence electrons. The van der Waals surface area contributed by atoms with Crippen molar-refractivity contribution in [2.75, 3.05) is 0 Å². The van der Waals surface area contributed by atoms with Gasteiger partial charge in [0.15, 0.2) is 0 Å². The van der Waals surface area contributed by atoms with Crippen LogP contribution in [0.1, 0.15) is 0 Å². The predicted molar refractivity (Wildman–Crippen MR) is 70.2 cm³/mol. The van der Waals surface area contributed by atoms with Gasteiger partial charge in [0, 0.05) is 10.6 Å². The number of phenolic OH excluding ortho intramolecular Hbond substituents is 2. The molecule has 0 bridgehead atoms. The molecule has 2 nitrogen and oxygen atoms in total. The number of benzene rings is 2. The summed E-state index contributed by atoms with van der Waals surface area (Å²) in [5.41, 5.74) is 1.08. The number of phenols is 2. The summed E-state index contributed by atoms with van der Waals surface area (Å²) in [4.78, 5) is 0. The van der Waals surface area contributed by atoms with Crippen LogP contribution in [-0.2, 0) is 0 Å². The Morgan fingerprint density at radius 2 is 1.53 bits per heavy atom. The van der Waals surface area contributed by atoms with Crippen LogP contribution in [0.2, 0.25) is 15.1 Å². The Labute approximate surface area is 113 Å². The number of hydrogen-bond donors (Lipinski definition) is 2. The molecule has 2 N–H and O–H groups in total. The molecule has 2 rings (SSSR count). The average Bonchev–Trinajstić information content (AvgIpc) is 2.27. The Kier molecular flexibility index (Phi) is 3.38. The molecule has 0 unspecified atom stereocenters. The van der Waals surface area contributed by atoms with Crippen molar-refractivity contribution in [3.63, 3.8) is 0 Å². The van der Waals surface area contributed by atoms with Crippen molar-refractivity contribution >= 4 is 34.8 Å². The SMILES string of the molecule is Oc1ccc(-c2cc(Cl)cc(Cl)c2O)cc1Cl. The van der Waals surface area contributed by atoms with E-state index in [0.29, 0.717) is 16.1 Å². The van der Waals surface area contributed by atoms with Gasteiger partial charge >= 0.3 is 0 Å². The van der Waals surface area contributed by atoms with Gasteiger partial charge in [-0.3, -0.25) is 0 Å². The molecule has 0 aliphatic rings. The van der Waals surface area contributed by atoms with Crippen LogP contribution in [0.15, 0.2) is 30.3 Å². The molecule has 0 fully saturated rings. The van der Waals surface area contributed by atoms with Crippen molar-refractivity contribution in [3.05, 3.63) is 45.4 Å². The van der Waals surface area contributed by atoms with E-state index in [4.69, 9.17) is 34.8 Å². The normalized spacial score (nSPS) is 10.5. The highest BCUT2D eigenvalue weighted by Gasteiger charge is 2.11. The average molecular weight is 290 g/mol. The zero-order chi connectivity index (χ0) is 12.6. The van der Waals surface area contributed by atoms with Crippen molar-refractivity contribution in [1.82, 2.24) is 0 Å². The zero-order valence-corrected chi connectivity index (χ0v) is 10.7. The standard InChI is InChI=1S/C12H7Cl3O2/c13-7-4-8(12(17)10(15)5-7)6-1-2-11(16)9(14)3-6/h1-5,16-17H. The summed E-state index contributed by atoms with van der Waals surface area (Å²) >= 11 is 17.5. The topological polar surface area (TPSA) is 40.5 Å². The van der Waals surface area contributed by atoms with Crippen LogP contribution in [0.4, 0.5) is 0 Å². The van der Waals surface area contributed by atoms with Crippen molar-refractivity contribution in [3.8, 4) is 22.6 Å². The lowest BCUT2D eigenvalue weighted by Crippen LogP contribution is -1.81. The van der Waals surface area contributed by atoms with Gasteiger partial charge in [0.2, 0.25) is 0 Å². The Morgan fingerprint density at radius 3 is 2.18 bits per heavy atom. The van der Waals surface area contributed by atoms with E-state index in [1.807, 2.05) is 0 Å². The lowest BCUT2D eigenvalue weighted by atomic mass is 10.0. The highest BCUT2D eigenvalue weighted by Crippen LogP contribution is 2.39. The van der Waals surface area contributed by atoms with Crippen LogP contribution < -0.4 is 0 Å². The third kappa shape index (κ3) is 2.44. The second-order valence-corrected chi connectivity index (χ2v) is 4.70. The molecule has 0 spiro atoms. The zero-order valence-electron chi connectivity index (χ0n) is 8.42. The van der Waals surface area contributed by atoms with Gasteiger partial charge in [0.05, 0.1) is 10.0 Å². The van der Waals surface area contributed by atoms with Gasteiger partial charge in [0.1, 0.15) is 11.5 Å². The maximum absolute atomic E-state index is 9.84. The summed E-state index contributed by atoms with van der Waals surface area (Å²) in [5, 5.41) is 19.9. The van der Waals surface area contributed by atoms with Gasteiger partial charge < -0.3 is 10.2 Å². The molecule has 17 heavy (non-hydrogen) atoms. The fraction of sp³-hybridized carbons (Fsp3) is 0. The Hall–Kier alpha value is -1.09. The summed E-state index contributed by atoms with van der Waals surface area (Å²) in [6, 6.07) is 7.60. The molecule has 0 saturated carbocycles. The van der Waals surface area contributed by atoms with Crippen molar-refractivity contribution in [2.45, 2.75) is 0 Å². The Morgan fingerprint density at radius 1 is 0.824 bits per heavy atom. The molecule has 0 radical (unpaired) electrons. The van der Waals surface area contributed by atoms with E-state index < -0.39 is 0 Å². The fourth-order valence-electron chi connectivity index (χ4n) is 1.46. The number of rotatable bonds is 1. The molecule has 0 saturated heterocycles. The summed E-state index contributed by atoms with van der Waals surface area (Å²) in [6.07, 6.45) is 0. The number of halogens is 3. The van der Waals surface area contributed by atoms with E-state index >= 15 is 0 Å². The van der Waals surface area contributed by atoms with E-state index in [-0.39, 0.29) is 21.5 Å². The van der Waals surface area contributed by atoms with E-state index in [2.05, 4.69) is 0 Å². The molecule has 0 heterocycles. The first-order valence-corrected chi connectivity index (χ1v) is 5.79. The highest BCUT2D eigenvalue weighted by atomic mass is 35.5. The van der Waals surface area contributed by atoms with E-state index in [0.717, 1.165) is 0 Å². The largest absolute Gasteiger partial charge is 0.506 e. The first kappa shape index (κ1) is 12.4. The Balaban J connectivity index is 2.64. The molecule has 0 amide bonds. The quantitative estimate of drug-likeness (QED) is 0.797. The summed E-state index contributed by atoms with van der Waals surface area (Å²) in [7, 11) is 0. The monoisotopic (exact) mass is 288 g/mol. The molecule has 0 atom stereocenters. The molecular weight excluding hydrogens is 282 g/mol. The summed E-state index contributed by atoms with van der Waals surface area (Å²) < 4.78 is 0. The van der Waals surface area contributed by atoms with E-state index in [9.17, 15) is 10.2 Å². The van der Waals surface area contributed by atoms with Crippen LogP contribution >= 0.6 is 34.8 Å². The van der Waals surface area contributed by atoms with Crippen molar-refractivity contribution < 1.29 is 10.2 Å². The smallest absolute Gasteiger partial charge is 0.142 e. The molecular formula is C12H7Cl3O2. The maximum Gasteiger partial charge on any atom is 0.142 e. The van der Waals surface area contributed by atoms with E-state index in [1.165, 1.54) is 18.2 Å². The lowest BCUT2D eigenvalue weighted by molar-refractivity contribution is 0.474. The van der Waals surface area contributed by atoms with Crippen LogP contribution in [0.5, 0.6) is 11.5 Å². The van der Waals surface area contributed by atoms with Crippen LogP contribution in [0.3, 0.4) is 0 Å². The maximum atomic E-state index is 9.84. The number of hydrogen-bond acceptors (Lipinski definition) is 2. The third-order valence-electron chi connectivity index (χ3n) is 2.29. The minimum absolute atomic E-state index is 0.0250. The minimum atomic E-state index is -0.0715. The van der Waals surface area contributed by atoms with Crippen LogP contribution in [0.25, 0.3) is 11.1 Å². The third-order valence-corrected chi connectivity index (χ3v) is 3.10. The first-order valence-electron chi connectivity index (χ1n) is 4.66. The molecule has 0 aromatic heterocycles. The molecule has 0 aliphatic carbocycles. The molecule has 0 aliphatic heterocycles. The second kappa shape index (κ2) is 4.65. The molecule has 2 aromatic rings. The van der Waals surface area contributed by atoms with Crippen LogP contribution in [0, 0.1) is 0 Å². The van der Waals surface area contributed by atoms with Gasteiger partial charge in [-0.25, -0.2) is 0 Å². The highest BCUT2D eigenvalue weighted by molar-refractivity contribution is 6.36. The van der Waals surface area contributed by atoms with Crippen molar-refractivity contribution in [2.24, 2.45) is 0 Å². The number of aromatic hydroxyl groups is 2. The van der Waals surface area contributed by atoms with Gasteiger partial charge in [0.25, 0.3) is 0 Å². The van der Waals surface area contributed by atoms with Crippen molar-refractivity contribution in [1.29, 1.82) is 0 Å². The molecule has 5 heteroatoms. The van der Waals surface area contributed by atoms with Gasteiger partial charge in [-0.1, -0.05) is 40.9 Å².